The Balaban J connectivity index is 1.87. The Labute approximate surface area is 176 Å². The van der Waals surface area contributed by atoms with E-state index in [0.29, 0.717) is 18.6 Å². The number of amides is 1. The molecule has 1 N–H and O–H groups in total. The van der Waals surface area contributed by atoms with Crippen LogP contribution in [-0.4, -0.2) is 36.0 Å². The summed E-state index contributed by atoms with van der Waals surface area (Å²) in [6, 6.07) is 22.7. The third kappa shape index (κ3) is 5.27. The highest BCUT2D eigenvalue weighted by molar-refractivity contribution is 5.73. The van der Waals surface area contributed by atoms with Gasteiger partial charge in [-0.2, -0.15) is 0 Å². The fourth-order valence-electron chi connectivity index (χ4n) is 5.02. The Bertz CT molecular complexity index is 709. The maximum Gasteiger partial charge on any atom is 0.216 e. The molecule has 2 aromatic rings. The van der Waals surface area contributed by atoms with Crippen LogP contribution in [0.2, 0.25) is 0 Å². The van der Waals surface area contributed by atoms with Gasteiger partial charge in [-0.05, 0) is 57.2 Å². The van der Waals surface area contributed by atoms with Crippen molar-refractivity contribution in [1.82, 2.24) is 10.2 Å². The lowest BCUT2D eigenvalue weighted by Gasteiger charge is -2.41. The van der Waals surface area contributed by atoms with E-state index in [1.165, 1.54) is 30.4 Å². The maximum atomic E-state index is 11.8. The minimum Gasteiger partial charge on any atom is -0.355 e. The van der Waals surface area contributed by atoms with Crippen LogP contribution in [0.5, 0.6) is 0 Å². The lowest BCUT2D eigenvalue weighted by atomic mass is 9.71. The first kappa shape index (κ1) is 21.6. The second kappa shape index (κ2) is 10.1. The number of likely N-dealkylation sites (tertiary alicyclic amines) is 1. The van der Waals surface area contributed by atoms with Crippen molar-refractivity contribution < 1.29 is 4.79 Å². The van der Waals surface area contributed by atoms with Gasteiger partial charge in [0.2, 0.25) is 5.91 Å². The van der Waals surface area contributed by atoms with Gasteiger partial charge >= 0.3 is 0 Å². The number of carbonyl (C=O) groups is 1. The molecule has 2 aromatic carbocycles. The standard InChI is InChI=1S/C26H36N2O/c1-21-12-10-13-22(2)28(21)19-11-18-26(20-27-23(3)29,24-14-6-4-7-15-24)25-16-8-5-9-17-25/h4-9,14-17,21-22H,10-13,18-20H2,1-3H3,(H,27,29). The average Bonchev–Trinajstić information content (AvgIpc) is 2.74. The molecule has 2 unspecified atom stereocenters. The van der Waals surface area contributed by atoms with E-state index in [4.69, 9.17) is 0 Å². The summed E-state index contributed by atoms with van der Waals surface area (Å²) in [4.78, 5) is 14.5. The van der Waals surface area contributed by atoms with E-state index < -0.39 is 0 Å². The van der Waals surface area contributed by atoms with E-state index in [-0.39, 0.29) is 11.3 Å². The Hall–Kier alpha value is -2.13. The molecule has 0 saturated carbocycles. The molecule has 1 saturated heterocycles. The molecule has 1 fully saturated rings. The van der Waals surface area contributed by atoms with Gasteiger partial charge in [0, 0.05) is 31.0 Å². The number of piperidine rings is 1. The van der Waals surface area contributed by atoms with Gasteiger partial charge in [-0.1, -0.05) is 67.1 Å². The molecule has 29 heavy (non-hydrogen) atoms. The number of benzene rings is 2. The molecule has 156 valence electrons. The first-order valence-corrected chi connectivity index (χ1v) is 11.1. The summed E-state index contributed by atoms with van der Waals surface area (Å²) >= 11 is 0. The molecule has 3 nitrogen and oxygen atoms in total. The molecule has 2 atom stereocenters. The van der Waals surface area contributed by atoms with Crippen molar-refractivity contribution in [3.05, 3.63) is 71.8 Å². The number of rotatable bonds is 8. The normalized spacial score (nSPS) is 20.4. The lowest BCUT2D eigenvalue weighted by Crippen LogP contribution is -2.45. The molecule has 3 rings (SSSR count). The second-order valence-corrected chi connectivity index (χ2v) is 8.69. The highest BCUT2D eigenvalue weighted by Gasteiger charge is 2.35. The number of nitrogens with one attached hydrogen (secondary N) is 1. The molecule has 3 heteroatoms. The Morgan fingerprint density at radius 1 is 0.966 bits per heavy atom. The first-order valence-electron chi connectivity index (χ1n) is 11.1. The Morgan fingerprint density at radius 2 is 1.48 bits per heavy atom. The number of hydrogen-bond donors (Lipinski definition) is 1. The van der Waals surface area contributed by atoms with Crippen LogP contribution in [-0.2, 0) is 10.2 Å². The zero-order chi connectivity index (χ0) is 20.7. The highest BCUT2D eigenvalue weighted by atomic mass is 16.1. The minimum atomic E-state index is -0.212. The maximum absolute atomic E-state index is 11.8. The number of nitrogens with zero attached hydrogens (tertiary/aromatic N) is 1. The summed E-state index contributed by atoms with van der Waals surface area (Å²) in [5.74, 6) is 0.0273. The van der Waals surface area contributed by atoms with Crippen molar-refractivity contribution in [2.75, 3.05) is 13.1 Å². The fraction of sp³-hybridized carbons (Fsp3) is 0.500. The molecule has 1 aliphatic heterocycles. The predicted octanol–water partition coefficient (Wildman–Crippen LogP) is 5.15. The van der Waals surface area contributed by atoms with Crippen molar-refractivity contribution in [3.8, 4) is 0 Å². The third-order valence-corrected chi connectivity index (χ3v) is 6.69. The monoisotopic (exact) mass is 392 g/mol. The molecule has 1 aliphatic rings. The summed E-state index contributed by atoms with van der Waals surface area (Å²) in [5, 5.41) is 3.14. The van der Waals surface area contributed by atoms with E-state index in [1.54, 1.807) is 6.92 Å². The summed E-state index contributed by atoms with van der Waals surface area (Å²) in [5.41, 5.74) is 2.34. The van der Waals surface area contributed by atoms with E-state index >= 15 is 0 Å². The van der Waals surface area contributed by atoms with Gasteiger partial charge in [0.1, 0.15) is 0 Å². The van der Waals surface area contributed by atoms with Gasteiger partial charge in [0.15, 0.2) is 0 Å². The van der Waals surface area contributed by atoms with E-state index in [0.717, 1.165) is 19.4 Å². The van der Waals surface area contributed by atoms with Crippen LogP contribution >= 0.6 is 0 Å². The summed E-state index contributed by atoms with van der Waals surface area (Å²) in [7, 11) is 0. The van der Waals surface area contributed by atoms with Crippen LogP contribution < -0.4 is 5.32 Å². The molecule has 1 heterocycles. The minimum absolute atomic E-state index is 0.0273. The van der Waals surface area contributed by atoms with E-state index in [2.05, 4.69) is 84.7 Å². The number of hydrogen-bond acceptors (Lipinski definition) is 2. The molecule has 0 aromatic heterocycles. The van der Waals surface area contributed by atoms with Gasteiger partial charge in [0.05, 0.1) is 0 Å². The molecule has 0 radical (unpaired) electrons. The van der Waals surface area contributed by atoms with Gasteiger partial charge in [-0.3, -0.25) is 9.69 Å². The summed E-state index contributed by atoms with van der Waals surface area (Å²) in [6.45, 7) is 8.09. The van der Waals surface area contributed by atoms with E-state index in [1.807, 2.05) is 0 Å². The van der Waals surface area contributed by atoms with Crippen LogP contribution in [0, 0.1) is 0 Å². The van der Waals surface area contributed by atoms with Crippen LogP contribution in [0.25, 0.3) is 0 Å². The fourth-order valence-corrected chi connectivity index (χ4v) is 5.02. The smallest absolute Gasteiger partial charge is 0.216 e. The topological polar surface area (TPSA) is 32.3 Å². The Kier molecular flexibility index (Phi) is 7.49. The predicted molar refractivity (Wildman–Crippen MR) is 121 cm³/mol. The Morgan fingerprint density at radius 3 is 1.97 bits per heavy atom. The van der Waals surface area contributed by atoms with Gasteiger partial charge in [-0.25, -0.2) is 0 Å². The molecule has 0 bridgehead atoms. The zero-order valence-electron chi connectivity index (χ0n) is 18.2. The quantitative estimate of drug-likeness (QED) is 0.674. The van der Waals surface area contributed by atoms with Crippen molar-refractivity contribution in [1.29, 1.82) is 0 Å². The summed E-state index contributed by atoms with van der Waals surface area (Å²) < 4.78 is 0. The van der Waals surface area contributed by atoms with Gasteiger partial charge < -0.3 is 5.32 Å². The van der Waals surface area contributed by atoms with Crippen LogP contribution in [0.1, 0.15) is 64.0 Å². The lowest BCUT2D eigenvalue weighted by molar-refractivity contribution is -0.119. The van der Waals surface area contributed by atoms with Crippen LogP contribution in [0.3, 0.4) is 0 Å². The first-order chi connectivity index (χ1) is 14.0. The third-order valence-electron chi connectivity index (χ3n) is 6.69. The number of carbonyl (C=O) groups excluding carboxylic acids is 1. The van der Waals surface area contributed by atoms with Crippen LogP contribution in [0.4, 0.5) is 0 Å². The second-order valence-electron chi connectivity index (χ2n) is 8.69. The average molecular weight is 393 g/mol. The van der Waals surface area contributed by atoms with Crippen LogP contribution in [0.15, 0.2) is 60.7 Å². The largest absolute Gasteiger partial charge is 0.355 e. The molecule has 0 spiro atoms. The van der Waals surface area contributed by atoms with Gasteiger partial charge in [0.25, 0.3) is 0 Å². The van der Waals surface area contributed by atoms with Crippen molar-refractivity contribution in [2.45, 2.75) is 70.4 Å². The molecular weight excluding hydrogens is 356 g/mol. The highest BCUT2D eigenvalue weighted by Crippen LogP contribution is 2.37. The van der Waals surface area contributed by atoms with Crippen molar-refractivity contribution >= 4 is 5.91 Å². The molecule has 1 amide bonds. The molecular formula is C26H36N2O. The molecule has 0 aliphatic carbocycles. The van der Waals surface area contributed by atoms with E-state index in [9.17, 15) is 4.79 Å². The SMILES string of the molecule is CC(=O)NCC(CCCN1C(C)CCCC1C)(c1ccccc1)c1ccccc1. The van der Waals surface area contributed by atoms with Gasteiger partial charge in [-0.15, -0.1) is 0 Å². The van der Waals surface area contributed by atoms with Crippen molar-refractivity contribution in [2.24, 2.45) is 0 Å². The zero-order valence-corrected chi connectivity index (χ0v) is 18.2. The van der Waals surface area contributed by atoms with Crippen molar-refractivity contribution in [3.63, 3.8) is 0 Å². The summed E-state index contributed by atoms with van der Waals surface area (Å²) in [6.07, 6.45) is 6.08.